The van der Waals surface area contributed by atoms with Crippen molar-refractivity contribution in [2.75, 3.05) is 5.32 Å². The molecule has 0 radical (unpaired) electrons. The highest BCUT2D eigenvalue weighted by atomic mass is 16.4. The summed E-state index contributed by atoms with van der Waals surface area (Å²) in [6.07, 6.45) is 2.70. The van der Waals surface area contributed by atoms with Crippen LogP contribution in [0.4, 0.5) is 10.5 Å². The lowest BCUT2D eigenvalue weighted by Gasteiger charge is -2.20. The minimum Gasteiger partial charge on any atom is -0.481 e. The number of aromatic nitrogens is 1. The van der Waals surface area contributed by atoms with Gasteiger partial charge in [0.1, 0.15) is 11.9 Å². The van der Waals surface area contributed by atoms with Gasteiger partial charge in [-0.05, 0) is 42.8 Å². The number of amidine groups is 1. The molecule has 0 bridgehead atoms. The number of nitrogen functional groups attached to an aromatic ring is 1. The summed E-state index contributed by atoms with van der Waals surface area (Å²) in [5, 5.41) is 24.1. The van der Waals surface area contributed by atoms with Gasteiger partial charge in [0, 0.05) is 23.6 Å². The van der Waals surface area contributed by atoms with Crippen LogP contribution in [-0.2, 0) is 9.59 Å². The van der Waals surface area contributed by atoms with Crippen LogP contribution in [0.3, 0.4) is 0 Å². The quantitative estimate of drug-likeness (QED) is 0.288. The Bertz CT molecular complexity index is 885. The van der Waals surface area contributed by atoms with Gasteiger partial charge in [0.25, 0.3) is 0 Å². The van der Waals surface area contributed by atoms with E-state index in [0.717, 1.165) is 0 Å². The third kappa shape index (κ3) is 6.61. The Kier molecular flexibility index (Phi) is 7.24. The third-order valence-corrected chi connectivity index (χ3v) is 3.98. The molecular weight excluding hydrogens is 376 g/mol. The maximum atomic E-state index is 12.4. The van der Waals surface area contributed by atoms with Gasteiger partial charge in [0.2, 0.25) is 5.91 Å². The van der Waals surface area contributed by atoms with Crippen molar-refractivity contribution in [1.29, 1.82) is 5.41 Å². The number of urea groups is 1. The molecule has 1 heterocycles. The number of carbonyl (C=O) groups is 3. The molecule has 2 aromatic rings. The maximum Gasteiger partial charge on any atom is 0.319 e. The summed E-state index contributed by atoms with van der Waals surface area (Å²) in [4.78, 5) is 39.6. The highest BCUT2D eigenvalue weighted by Crippen LogP contribution is 2.16. The molecule has 2 atom stereocenters. The smallest absolute Gasteiger partial charge is 0.319 e. The first kappa shape index (κ1) is 21.4. The van der Waals surface area contributed by atoms with Crippen molar-refractivity contribution in [3.8, 4) is 0 Å². The number of rotatable bonds is 8. The number of nitrogens with zero attached hydrogens (tertiary/aromatic N) is 1. The molecule has 0 aliphatic rings. The van der Waals surface area contributed by atoms with E-state index < -0.39 is 30.0 Å². The first-order valence-corrected chi connectivity index (χ1v) is 8.70. The predicted molar refractivity (Wildman–Crippen MR) is 106 cm³/mol. The second-order valence-electron chi connectivity index (χ2n) is 6.26. The number of amides is 3. The molecule has 3 amide bonds. The number of pyridine rings is 1. The Balaban J connectivity index is 1.94. The summed E-state index contributed by atoms with van der Waals surface area (Å²) in [6.45, 7) is 1.48. The number of carboxylic acids is 1. The van der Waals surface area contributed by atoms with Crippen molar-refractivity contribution in [3.05, 3.63) is 59.9 Å². The van der Waals surface area contributed by atoms with Gasteiger partial charge in [-0.25, -0.2) is 4.79 Å². The van der Waals surface area contributed by atoms with Crippen LogP contribution in [0.15, 0.2) is 48.8 Å². The Morgan fingerprint density at radius 1 is 1.17 bits per heavy atom. The highest BCUT2D eigenvalue weighted by Gasteiger charge is 2.22. The average Bonchev–Trinajstić information content (AvgIpc) is 2.68. The van der Waals surface area contributed by atoms with E-state index in [1.54, 1.807) is 42.6 Å². The van der Waals surface area contributed by atoms with Gasteiger partial charge in [-0.2, -0.15) is 0 Å². The van der Waals surface area contributed by atoms with Crippen molar-refractivity contribution < 1.29 is 19.5 Å². The van der Waals surface area contributed by atoms with Gasteiger partial charge < -0.3 is 26.8 Å². The summed E-state index contributed by atoms with van der Waals surface area (Å²) in [7, 11) is 0. The van der Waals surface area contributed by atoms with E-state index in [1.807, 2.05) is 0 Å². The lowest BCUT2D eigenvalue weighted by Crippen LogP contribution is -2.47. The van der Waals surface area contributed by atoms with E-state index in [4.69, 9.17) is 16.2 Å². The molecule has 0 saturated carbocycles. The van der Waals surface area contributed by atoms with Gasteiger partial charge in [-0.1, -0.05) is 6.07 Å². The zero-order valence-corrected chi connectivity index (χ0v) is 15.7. The second-order valence-corrected chi connectivity index (χ2v) is 6.26. The molecule has 152 valence electrons. The van der Waals surface area contributed by atoms with Gasteiger partial charge in [-0.3, -0.25) is 20.0 Å². The van der Waals surface area contributed by atoms with Crippen LogP contribution in [0, 0.1) is 5.41 Å². The second kappa shape index (κ2) is 9.83. The van der Waals surface area contributed by atoms with E-state index in [2.05, 4.69) is 20.9 Å². The first-order chi connectivity index (χ1) is 13.8. The molecule has 1 aromatic heterocycles. The summed E-state index contributed by atoms with van der Waals surface area (Å²) >= 11 is 0. The van der Waals surface area contributed by atoms with Crippen LogP contribution in [0.2, 0.25) is 0 Å². The molecule has 2 unspecified atom stereocenters. The van der Waals surface area contributed by atoms with E-state index in [1.165, 1.54) is 13.1 Å². The highest BCUT2D eigenvalue weighted by molar-refractivity contribution is 5.96. The molecule has 0 aliphatic carbocycles. The molecule has 0 aliphatic heterocycles. The van der Waals surface area contributed by atoms with E-state index in [-0.39, 0.29) is 12.3 Å². The Labute approximate surface area is 167 Å². The summed E-state index contributed by atoms with van der Waals surface area (Å²) in [5.74, 6) is -1.70. The van der Waals surface area contributed by atoms with E-state index in [0.29, 0.717) is 16.8 Å². The normalized spacial score (nSPS) is 12.3. The van der Waals surface area contributed by atoms with Crippen molar-refractivity contribution in [2.24, 2.45) is 5.73 Å². The number of nitrogens with two attached hydrogens (primary N) is 1. The van der Waals surface area contributed by atoms with Crippen LogP contribution in [0.25, 0.3) is 0 Å². The van der Waals surface area contributed by atoms with Crippen LogP contribution in [0.1, 0.15) is 30.5 Å². The number of nitrogens with one attached hydrogen (secondary N) is 4. The minimum absolute atomic E-state index is 0.0872. The zero-order chi connectivity index (χ0) is 21.4. The lowest BCUT2D eigenvalue weighted by molar-refractivity contribution is -0.137. The largest absolute Gasteiger partial charge is 0.481 e. The number of anilines is 1. The van der Waals surface area contributed by atoms with Crippen LogP contribution in [0.5, 0.6) is 0 Å². The number of hydrogen-bond donors (Lipinski definition) is 6. The molecular formula is C19H22N6O4. The van der Waals surface area contributed by atoms with E-state index in [9.17, 15) is 14.4 Å². The third-order valence-electron chi connectivity index (χ3n) is 3.98. The number of aliphatic carboxylic acids is 1. The van der Waals surface area contributed by atoms with Gasteiger partial charge in [-0.15, -0.1) is 0 Å². The summed E-state index contributed by atoms with van der Waals surface area (Å²) in [6, 6.07) is 7.31. The molecule has 7 N–H and O–H groups in total. The van der Waals surface area contributed by atoms with Crippen LogP contribution in [-0.4, -0.2) is 39.9 Å². The maximum absolute atomic E-state index is 12.4. The minimum atomic E-state index is -1.08. The molecule has 29 heavy (non-hydrogen) atoms. The standard InChI is InChI=1S/C19H22N6O4/c1-11(23-19(29)24-14-6-4-12(5-7-14)17(20)21)18(28)25-15(9-16(26)27)13-3-2-8-22-10-13/h2-8,10-11,15H,9H2,1H3,(H3,20,21)(H,25,28)(H,26,27)(H2,23,24,29). The van der Waals surface area contributed by atoms with E-state index >= 15 is 0 Å². The Hall–Kier alpha value is -3.95. The lowest BCUT2D eigenvalue weighted by atomic mass is 10.1. The number of benzene rings is 1. The number of carboxylic acid groups (broad SMARTS) is 1. The van der Waals surface area contributed by atoms with Crippen molar-refractivity contribution in [1.82, 2.24) is 15.6 Å². The molecule has 10 nitrogen and oxygen atoms in total. The van der Waals surface area contributed by atoms with Gasteiger partial charge in [0.05, 0.1) is 12.5 Å². The molecule has 2 rings (SSSR count). The summed E-state index contributed by atoms with van der Waals surface area (Å²) < 4.78 is 0. The first-order valence-electron chi connectivity index (χ1n) is 8.70. The molecule has 0 fully saturated rings. The number of hydrogen-bond acceptors (Lipinski definition) is 5. The fourth-order valence-corrected chi connectivity index (χ4v) is 2.47. The SMILES string of the molecule is CC(NC(=O)Nc1ccc(C(=N)N)cc1)C(=O)NC(CC(=O)O)c1cccnc1. The monoisotopic (exact) mass is 398 g/mol. The zero-order valence-electron chi connectivity index (χ0n) is 15.7. The average molecular weight is 398 g/mol. The van der Waals surface area contributed by atoms with Crippen molar-refractivity contribution >= 4 is 29.4 Å². The molecule has 0 saturated heterocycles. The van der Waals surface area contributed by atoms with Crippen LogP contribution < -0.4 is 21.7 Å². The van der Waals surface area contributed by atoms with Gasteiger partial charge >= 0.3 is 12.0 Å². The molecule has 10 heteroatoms. The molecule has 0 spiro atoms. The number of carbonyl (C=O) groups excluding carboxylic acids is 2. The van der Waals surface area contributed by atoms with Crippen molar-refractivity contribution in [3.63, 3.8) is 0 Å². The molecule has 1 aromatic carbocycles. The predicted octanol–water partition coefficient (Wildman–Crippen LogP) is 1.21. The van der Waals surface area contributed by atoms with Crippen LogP contribution >= 0.6 is 0 Å². The summed E-state index contributed by atoms with van der Waals surface area (Å²) in [5.41, 5.74) is 6.90. The topological polar surface area (TPSA) is 170 Å². The Morgan fingerprint density at radius 3 is 2.41 bits per heavy atom. The van der Waals surface area contributed by atoms with Gasteiger partial charge in [0.15, 0.2) is 0 Å². The fourth-order valence-electron chi connectivity index (χ4n) is 2.47. The fraction of sp³-hybridized carbons (Fsp3) is 0.211. The Morgan fingerprint density at radius 2 is 1.86 bits per heavy atom. The van der Waals surface area contributed by atoms with Crippen molar-refractivity contribution in [2.45, 2.75) is 25.4 Å².